The van der Waals surface area contributed by atoms with Crippen LogP contribution in [0.3, 0.4) is 0 Å². The zero-order valence-electron chi connectivity index (χ0n) is 22.4. The zero-order valence-corrected chi connectivity index (χ0v) is 22.4. The second-order valence-electron chi connectivity index (χ2n) is 10.9. The van der Waals surface area contributed by atoms with Crippen LogP contribution in [0.4, 0.5) is 10.1 Å². The van der Waals surface area contributed by atoms with Crippen molar-refractivity contribution in [2.45, 2.75) is 44.2 Å². The van der Waals surface area contributed by atoms with Crippen molar-refractivity contribution in [1.82, 2.24) is 4.90 Å². The summed E-state index contributed by atoms with van der Waals surface area (Å²) < 4.78 is 14.0. The average Bonchev–Trinajstić information content (AvgIpc) is 3.24. The van der Waals surface area contributed by atoms with Crippen molar-refractivity contribution in [3.8, 4) is 0 Å². The molecule has 5 rings (SSSR count). The van der Waals surface area contributed by atoms with Gasteiger partial charge in [0.15, 0.2) is 5.78 Å². The highest BCUT2D eigenvalue weighted by molar-refractivity contribution is 6.01. The van der Waals surface area contributed by atoms with Gasteiger partial charge in [-0.05, 0) is 61.2 Å². The third kappa shape index (κ3) is 4.93. The first-order chi connectivity index (χ1) is 18.7. The molecule has 1 amide bonds. The maximum atomic E-state index is 14.4. The number of benzene rings is 3. The van der Waals surface area contributed by atoms with E-state index in [4.69, 9.17) is 0 Å². The monoisotopic (exact) mass is 528 g/mol. The lowest BCUT2D eigenvalue weighted by atomic mass is 9.76. The predicted octanol–water partition coefficient (Wildman–Crippen LogP) is 5.62. The maximum absolute atomic E-state index is 14.4. The Bertz CT molecular complexity index is 1380. The first-order valence-corrected chi connectivity index (χ1v) is 13.4. The van der Waals surface area contributed by atoms with Crippen molar-refractivity contribution in [2.24, 2.45) is 11.8 Å². The summed E-state index contributed by atoms with van der Waals surface area (Å²) in [5, 5.41) is 10.6. The van der Waals surface area contributed by atoms with Crippen LogP contribution in [-0.4, -0.2) is 47.8 Å². The van der Waals surface area contributed by atoms with E-state index < -0.39 is 35.7 Å². The molecular formula is C32H33FN2O4. The number of ketones is 1. The second-order valence-corrected chi connectivity index (χ2v) is 10.9. The number of rotatable bonds is 7. The molecule has 1 saturated carbocycles. The van der Waals surface area contributed by atoms with E-state index in [1.807, 2.05) is 56.3 Å². The van der Waals surface area contributed by atoms with E-state index in [-0.39, 0.29) is 17.6 Å². The summed E-state index contributed by atoms with van der Waals surface area (Å²) in [7, 11) is 3.85. The number of carbonyl (C=O) groups excluding carboxylic acids is 2. The SMILES string of the molecule is Cc1cccc(C(=O)C2C(c3ccc(F)cc3)C(C(=O)O)N(C(=O)C3CCC3)C2c2ccc(N(C)C)cc2)c1. The van der Waals surface area contributed by atoms with Crippen molar-refractivity contribution in [3.63, 3.8) is 0 Å². The molecule has 0 spiro atoms. The van der Waals surface area contributed by atoms with Crippen molar-refractivity contribution in [1.29, 1.82) is 0 Å². The molecule has 39 heavy (non-hydrogen) atoms. The number of Topliss-reactive ketones (excluding diaryl/α,β-unsaturated/α-hetero) is 1. The molecular weight excluding hydrogens is 495 g/mol. The van der Waals surface area contributed by atoms with Crippen molar-refractivity contribution < 1.29 is 23.9 Å². The van der Waals surface area contributed by atoms with E-state index in [9.17, 15) is 23.9 Å². The van der Waals surface area contributed by atoms with Crippen LogP contribution in [0.15, 0.2) is 72.8 Å². The molecule has 2 aliphatic rings. The van der Waals surface area contributed by atoms with Gasteiger partial charge in [0.2, 0.25) is 5.91 Å². The minimum absolute atomic E-state index is 0.232. The Morgan fingerprint density at radius 1 is 0.923 bits per heavy atom. The number of amides is 1. The Balaban J connectivity index is 1.74. The number of carbonyl (C=O) groups is 3. The van der Waals surface area contributed by atoms with E-state index in [2.05, 4.69) is 0 Å². The molecule has 6 nitrogen and oxygen atoms in total. The third-order valence-electron chi connectivity index (χ3n) is 8.24. The molecule has 1 heterocycles. The quantitative estimate of drug-likeness (QED) is 0.403. The normalized spacial score (nSPS) is 22.8. The van der Waals surface area contributed by atoms with E-state index in [0.29, 0.717) is 29.5 Å². The maximum Gasteiger partial charge on any atom is 0.327 e. The van der Waals surface area contributed by atoms with E-state index in [0.717, 1.165) is 17.7 Å². The van der Waals surface area contributed by atoms with E-state index >= 15 is 0 Å². The lowest BCUT2D eigenvalue weighted by Crippen LogP contribution is -2.47. The smallest absolute Gasteiger partial charge is 0.327 e. The van der Waals surface area contributed by atoms with Gasteiger partial charge >= 0.3 is 5.97 Å². The van der Waals surface area contributed by atoms with Gasteiger partial charge in [0.05, 0.1) is 12.0 Å². The first-order valence-electron chi connectivity index (χ1n) is 13.4. The molecule has 4 atom stereocenters. The largest absolute Gasteiger partial charge is 0.480 e. The number of carboxylic acids is 1. The molecule has 4 unspecified atom stereocenters. The van der Waals surface area contributed by atoms with E-state index in [1.54, 1.807) is 18.2 Å². The summed E-state index contributed by atoms with van der Waals surface area (Å²) in [6, 6.07) is 18.4. The number of likely N-dealkylation sites (tertiary alicyclic amines) is 1. The summed E-state index contributed by atoms with van der Waals surface area (Å²) in [6.45, 7) is 1.90. The van der Waals surface area contributed by atoms with Gasteiger partial charge in [-0.3, -0.25) is 9.59 Å². The van der Waals surface area contributed by atoms with Gasteiger partial charge in [0.1, 0.15) is 11.9 Å². The van der Waals surface area contributed by atoms with Gasteiger partial charge in [-0.15, -0.1) is 0 Å². The minimum Gasteiger partial charge on any atom is -0.480 e. The number of hydrogen-bond donors (Lipinski definition) is 1. The average molecular weight is 529 g/mol. The summed E-state index contributed by atoms with van der Waals surface area (Å²) in [5.74, 6) is -4.11. The van der Waals surface area contributed by atoms with Gasteiger partial charge in [-0.2, -0.15) is 0 Å². The van der Waals surface area contributed by atoms with Crippen LogP contribution in [0.2, 0.25) is 0 Å². The van der Waals surface area contributed by atoms with Crippen molar-refractivity contribution in [2.75, 3.05) is 19.0 Å². The molecule has 1 N–H and O–H groups in total. The Morgan fingerprint density at radius 2 is 1.56 bits per heavy atom. The van der Waals surface area contributed by atoms with Gasteiger partial charge < -0.3 is 14.9 Å². The van der Waals surface area contributed by atoms with Crippen LogP contribution < -0.4 is 4.90 Å². The Kier molecular flexibility index (Phi) is 7.25. The molecule has 0 bridgehead atoms. The van der Waals surface area contributed by atoms with Crippen LogP contribution in [-0.2, 0) is 9.59 Å². The summed E-state index contributed by atoms with van der Waals surface area (Å²) >= 11 is 0. The summed E-state index contributed by atoms with van der Waals surface area (Å²) in [6.07, 6.45) is 2.31. The third-order valence-corrected chi connectivity index (χ3v) is 8.24. The fourth-order valence-electron chi connectivity index (χ4n) is 6.03. The standard InChI is InChI=1S/C32H33FN2O4/c1-19-6-4-9-23(18-19)30(36)27-26(20-10-14-24(33)15-11-20)29(32(38)39)35(31(37)22-7-5-8-22)28(27)21-12-16-25(17-13-21)34(2)3/h4,6,9-18,22,26-29H,5,7-8H2,1-3H3,(H,38,39). The molecule has 3 aromatic rings. The lowest BCUT2D eigenvalue weighted by molar-refractivity contribution is -0.153. The van der Waals surface area contributed by atoms with Crippen LogP contribution >= 0.6 is 0 Å². The molecule has 1 saturated heterocycles. The van der Waals surface area contributed by atoms with Gasteiger partial charge in [-0.1, -0.05) is 54.4 Å². The molecule has 2 fully saturated rings. The number of halogens is 1. The number of nitrogens with zero attached hydrogens (tertiary/aromatic N) is 2. The number of hydrogen-bond acceptors (Lipinski definition) is 4. The first kappa shape index (κ1) is 26.6. The van der Waals surface area contributed by atoms with Gasteiger partial charge in [0.25, 0.3) is 0 Å². The highest BCUT2D eigenvalue weighted by Gasteiger charge is 2.58. The fraction of sp³-hybridized carbons (Fsp3) is 0.344. The Hall–Kier alpha value is -4.00. The van der Waals surface area contributed by atoms with Gasteiger partial charge in [0, 0.05) is 37.2 Å². The second kappa shape index (κ2) is 10.6. The highest BCUT2D eigenvalue weighted by atomic mass is 19.1. The molecule has 1 aliphatic heterocycles. The predicted molar refractivity (Wildman–Crippen MR) is 147 cm³/mol. The molecule has 1 aliphatic carbocycles. The number of aryl methyl sites for hydroxylation is 1. The van der Waals surface area contributed by atoms with E-state index in [1.165, 1.54) is 29.2 Å². The van der Waals surface area contributed by atoms with Crippen molar-refractivity contribution in [3.05, 3.63) is 101 Å². The number of aliphatic carboxylic acids is 1. The molecule has 0 radical (unpaired) electrons. The number of anilines is 1. The van der Waals surface area contributed by atoms with Crippen LogP contribution in [0, 0.1) is 24.6 Å². The topological polar surface area (TPSA) is 77.9 Å². The Labute approximate surface area is 228 Å². The van der Waals surface area contributed by atoms with Crippen LogP contribution in [0.5, 0.6) is 0 Å². The highest BCUT2D eigenvalue weighted by Crippen LogP contribution is 2.52. The fourth-order valence-corrected chi connectivity index (χ4v) is 6.03. The van der Waals surface area contributed by atoms with Gasteiger partial charge in [-0.25, -0.2) is 9.18 Å². The Morgan fingerprint density at radius 3 is 2.10 bits per heavy atom. The molecule has 0 aromatic heterocycles. The molecule has 7 heteroatoms. The lowest BCUT2D eigenvalue weighted by Gasteiger charge is -2.36. The van der Waals surface area contributed by atoms with Crippen LogP contribution in [0.25, 0.3) is 0 Å². The number of carboxylic acid groups (broad SMARTS) is 1. The molecule has 3 aromatic carbocycles. The minimum atomic E-state index is -1.28. The summed E-state index contributed by atoms with van der Waals surface area (Å²) in [5.41, 5.74) is 3.54. The summed E-state index contributed by atoms with van der Waals surface area (Å²) in [4.78, 5) is 44.8. The van der Waals surface area contributed by atoms with Crippen LogP contribution in [0.1, 0.15) is 58.3 Å². The zero-order chi connectivity index (χ0) is 27.8. The molecule has 202 valence electrons. The van der Waals surface area contributed by atoms with Crippen molar-refractivity contribution >= 4 is 23.3 Å².